The van der Waals surface area contributed by atoms with E-state index in [1.165, 1.54) is 5.56 Å². The van der Waals surface area contributed by atoms with Gasteiger partial charge in [0.25, 0.3) is 0 Å². The van der Waals surface area contributed by atoms with Crippen LogP contribution in [0, 0.1) is 11.8 Å². The summed E-state index contributed by atoms with van der Waals surface area (Å²) in [5.74, 6) is 0.710. The van der Waals surface area contributed by atoms with Crippen molar-refractivity contribution in [2.45, 2.75) is 57.4 Å². The Labute approximate surface area is 200 Å². The van der Waals surface area contributed by atoms with E-state index in [0.717, 1.165) is 29.7 Å². The second-order valence-electron chi connectivity index (χ2n) is 9.44. The number of hydrogen-bond donors (Lipinski definition) is 4. The maximum absolute atomic E-state index is 13.0. The summed E-state index contributed by atoms with van der Waals surface area (Å²) in [6.45, 7) is 2.66. The lowest BCUT2D eigenvalue weighted by atomic mass is 9.75. The number of amides is 2. The van der Waals surface area contributed by atoms with Gasteiger partial charge in [0.15, 0.2) is 0 Å². The van der Waals surface area contributed by atoms with Gasteiger partial charge in [0.05, 0.1) is 19.1 Å². The number of nitrogens with one attached hydrogen (secondary N) is 4. The molecular weight excluding hydrogens is 430 g/mol. The Balaban J connectivity index is 1.24. The highest BCUT2D eigenvalue weighted by molar-refractivity contribution is 5.83. The molecule has 0 radical (unpaired) electrons. The number of hydrazine groups is 2. The molecule has 5 atom stereocenters. The molecular formula is C26H33N5O3. The highest BCUT2D eigenvalue weighted by atomic mass is 16.5. The SMILES string of the molecule is CCc1ccc(CNC(=O)C2CCC3C(=O)NC4C(c5ccc(OC)cc5)NNN4C3C2)cc1. The Bertz CT molecular complexity index is 1030. The quantitative estimate of drug-likeness (QED) is 0.525. The third kappa shape index (κ3) is 4.41. The van der Waals surface area contributed by atoms with Crippen molar-refractivity contribution in [1.82, 2.24) is 26.6 Å². The smallest absolute Gasteiger partial charge is 0.226 e. The molecule has 180 valence electrons. The minimum atomic E-state index is -0.221. The number of carbonyl (C=O) groups is 2. The van der Waals surface area contributed by atoms with Gasteiger partial charge in [0.1, 0.15) is 11.9 Å². The van der Waals surface area contributed by atoms with Crippen LogP contribution in [0.2, 0.25) is 0 Å². The van der Waals surface area contributed by atoms with Crippen molar-refractivity contribution in [3.63, 3.8) is 0 Å². The maximum atomic E-state index is 13.0. The van der Waals surface area contributed by atoms with Crippen molar-refractivity contribution >= 4 is 11.8 Å². The predicted molar refractivity (Wildman–Crippen MR) is 128 cm³/mol. The second-order valence-corrected chi connectivity index (χ2v) is 9.44. The van der Waals surface area contributed by atoms with Crippen LogP contribution in [0.4, 0.5) is 0 Å². The number of aryl methyl sites for hydroxylation is 1. The summed E-state index contributed by atoms with van der Waals surface area (Å²) in [5, 5.41) is 8.40. The number of benzene rings is 2. The van der Waals surface area contributed by atoms with Gasteiger partial charge >= 0.3 is 0 Å². The molecule has 4 N–H and O–H groups in total. The lowest BCUT2D eigenvalue weighted by Crippen LogP contribution is -2.65. The third-order valence-electron chi connectivity index (χ3n) is 7.51. The molecule has 2 aromatic carbocycles. The molecule has 2 aliphatic heterocycles. The van der Waals surface area contributed by atoms with Gasteiger partial charge in [-0.25, -0.2) is 10.4 Å². The number of methoxy groups -OCH3 is 1. The van der Waals surface area contributed by atoms with E-state index in [1.807, 2.05) is 24.3 Å². The summed E-state index contributed by atoms with van der Waals surface area (Å²) in [7, 11) is 1.64. The average molecular weight is 464 g/mol. The number of ether oxygens (including phenoxy) is 1. The highest BCUT2D eigenvalue weighted by Gasteiger charge is 2.51. The normalized spacial score (nSPS) is 28.5. The number of nitrogens with zero attached hydrogens (tertiary/aromatic N) is 1. The molecule has 0 aromatic heterocycles. The number of fused-ring (bicyclic) bond motifs is 3. The molecule has 2 aromatic rings. The molecule has 3 aliphatic rings. The van der Waals surface area contributed by atoms with Gasteiger partial charge in [-0.3, -0.25) is 9.59 Å². The molecule has 2 amide bonds. The number of hydrogen-bond acceptors (Lipinski definition) is 6. The van der Waals surface area contributed by atoms with Gasteiger partial charge in [-0.05, 0) is 54.5 Å². The summed E-state index contributed by atoms with van der Waals surface area (Å²) in [5.41, 5.74) is 10.1. The minimum Gasteiger partial charge on any atom is -0.497 e. The molecule has 1 saturated carbocycles. The van der Waals surface area contributed by atoms with E-state index < -0.39 is 0 Å². The average Bonchev–Trinajstić information content (AvgIpc) is 3.31. The minimum absolute atomic E-state index is 0.0390. The van der Waals surface area contributed by atoms with Crippen LogP contribution < -0.4 is 26.3 Å². The van der Waals surface area contributed by atoms with Crippen molar-refractivity contribution in [2.75, 3.05) is 7.11 Å². The molecule has 3 fully saturated rings. The summed E-state index contributed by atoms with van der Waals surface area (Å²) in [6, 6.07) is 16.1. The van der Waals surface area contributed by atoms with Gasteiger partial charge in [0.2, 0.25) is 11.8 Å². The van der Waals surface area contributed by atoms with Crippen molar-refractivity contribution < 1.29 is 14.3 Å². The van der Waals surface area contributed by atoms with E-state index in [4.69, 9.17) is 4.74 Å². The first-order chi connectivity index (χ1) is 16.6. The van der Waals surface area contributed by atoms with Gasteiger partial charge in [-0.1, -0.05) is 43.3 Å². The molecule has 5 unspecified atom stereocenters. The van der Waals surface area contributed by atoms with Crippen LogP contribution in [0.3, 0.4) is 0 Å². The molecule has 2 saturated heterocycles. The molecule has 1 aliphatic carbocycles. The highest BCUT2D eigenvalue weighted by Crippen LogP contribution is 2.39. The monoisotopic (exact) mass is 463 g/mol. The topological polar surface area (TPSA) is 94.7 Å². The van der Waals surface area contributed by atoms with E-state index >= 15 is 0 Å². The van der Waals surface area contributed by atoms with Crippen molar-refractivity contribution in [3.05, 3.63) is 65.2 Å². The van der Waals surface area contributed by atoms with Crippen LogP contribution in [0.5, 0.6) is 5.75 Å². The van der Waals surface area contributed by atoms with E-state index in [9.17, 15) is 9.59 Å². The van der Waals surface area contributed by atoms with E-state index in [0.29, 0.717) is 19.4 Å². The van der Waals surface area contributed by atoms with E-state index in [2.05, 4.69) is 57.8 Å². The third-order valence-corrected chi connectivity index (χ3v) is 7.51. The van der Waals surface area contributed by atoms with Crippen molar-refractivity contribution in [1.29, 1.82) is 0 Å². The van der Waals surface area contributed by atoms with Crippen LogP contribution in [0.25, 0.3) is 0 Å². The Morgan fingerprint density at radius 3 is 2.53 bits per heavy atom. The molecule has 8 nitrogen and oxygen atoms in total. The van der Waals surface area contributed by atoms with Gasteiger partial charge in [-0.2, -0.15) is 5.53 Å². The second kappa shape index (κ2) is 9.74. The summed E-state index contributed by atoms with van der Waals surface area (Å²) in [4.78, 5) is 26.0. The first-order valence-corrected chi connectivity index (χ1v) is 12.2. The van der Waals surface area contributed by atoms with Gasteiger partial charge in [-0.15, -0.1) is 0 Å². The zero-order chi connectivity index (χ0) is 23.7. The molecule has 8 heteroatoms. The molecule has 2 heterocycles. The largest absolute Gasteiger partial charge is 0.497 e. The first-order valence-electron chi connectivity index (χ1n) is 12.2. The Kier molecular flexibility index (Phi) is 6.54. The van der Waals surface area contributed by atoms with Crippen LogP contribution in [0.15, 0.2) is 48.5 Å². The number of rotatable bonds is 6. The molecule has 5 rings (SSSR count). The molecule has 0 bridgehead atoms. The standard InChI is InChI=1S/C26H33N5O3/c1-3-16-4-6-17(7-5-16)15-27-25(32)19-10-13-21-22(14-19)31-24(28-26(21)33)23(29-30-31)18-8-11-20(34-2)12-9-18/h4-9,11-12,19,21-24,29-30H,3,10,13-15H2,1-2H3,(H,27,32)(H,28,33). The van der Waals surface area contributed by atoms with Crippen LogP contribution in [0.1, 0.15) is 48.9 Å². The van der Waals surface area contributed by atoms with Crippen LogP contribution in [-0.4, -0.2) is 36.1 Å². The lowest BCUT2D eigenvalue weighted by molar-refractivity contribution is -0.143. The van der Waals surface area contributed by atoms with Gasteiger partial charge < -0.3 is 15.4 Å². The molecule has 34 heavy (non-hydrogen) atoms. The van der Waals surface area contributed by atoms with Crippen molar-refractivity contribution in [3.8, 4) is 5.75 Å². The maximum Gasteiger partial charge on any atom is 0.226 e. The van der Waals surface area contributed by atoms with Crippen LogP contribution in [-0.2, 0) is 22.6 Å². The fourth-order valence-corrected chi connectivity index (χ4v) is 5.45. The Morgan fingerprint density at radius 2 is 1.82 bits per heavy atom. The Morgan fingerprint density at radius 1 is 1.09 bits per heavy atom. The van der Waals surface area contributed by atoms with E-state index in [-0.39, 0.29) is 41.9 Å². The summed E-state index contributed by atoms with van der Waals surface area (Å²) < 4.78 is 5.26. The predicted octanol–water partition coefficient (Wildman–Crippen LogP) is 2.18. The fraction of sp³-hybridized carbons (Fsp3) is 0.462. The summed E-state index contributed by atoms with van der Waals surface area (Å²) in [6.07, 6.45) is 2.87. The van der Waals surface area contributed by atoms with Gasteiger partial charge in [0, 0.05) is 18.5 Å². The molecule has 0 spiro atoms. The zero-order valence-corrected chi connectivity index (χ0v) is 19.7. The summed E-state index contributed by atoms with van der Waals surface area (Å²) >= 11 is 0. The number of carbonyl (C=O) groups excluding carboxylic acids is 2. The lowest BCUT2D eigenvalue weighted by Gasteiger charge is -2.46. The fourth-order valence-electron chi connectivity index (χ4n) is 5.45. The van der Waals surface area contributed by atoms with Crippen LogP contribution >= 0.6 is 0 Å². The Hall–Kier alpha value is -2.94. The van der Waals surface area contributed by atoms with Crippen molar-refractivity contribution in [2.24, 2.45) is 11.8 Å². The zero-order valence-electron chi connectivity index (χ0n) is 19.7. The first kappa shape index (κ1) is 22.8. The van der Waals surface area contributed by atoms with E-state index in [1.54, 1.807) is 7.11 Å².